The predicted molar refractivity (Wildman–Crippen MR) is 117 cm³/mol. The molecule has 0 saturated carbocycles. The molecule has 12 nitrogen and oxygen atoms in total. The van der Waals surface area contributed by atoms with E-state index in [-0.39, 0.29) is 31.8 Å². The molecule has 1 aromatic heterocycles. The van der Waals surface area contributed by atoms with Gasteiger partial charge in [0.15, 0.2) is 5.95 Å². The monoisotopic (exact) mass is 481 g/mol. The van der Waals surface area contributed by atoms with Crippen LogP contribution < -0.4 is 25.6 Å². The lowest BCUT2D eigenvalue weighted by Crippen LogP contribution is -2.50. The topological polar surface area (TPSA) is 164 Å². The normalized spacial score (nSPS) is 15.6. The summed E-state index contributed by atoms with van der Waals surface area (Å²) in [6.07, 6.45) is -1.24. The van der Waals surface area contributed by atoms with E-state index in [2.05, 4.69) is 10.6 Å². The van der Waals surface area contributed by atoms with Gasteiger partial charge in [-0.1, -0.05) is 0 Å². The number of primary amides is 1. The van der Waals surface area contributed by atoms with Gasteiger partial charge in [0.05, 0.1) is 25.4 Å². The molecule has 35 heavy (non-hydrogen) atoms. The Bertz CT molecular complexity index is 1220. The summed E-state index contributed by atoms with van der Waals surface area (Å²) in [5, 5.41) is 18.8. The Morgan fingerprint density at radius 2 is 1.94 bits per heavy atom. The third-order valence-corrected chi connectivity index (χ3v) is 5.45. The summed E-state index contributed by atoms with van der Waals surface area (Å²) in [5.74, 6) is -1.49. The second kappa shape index (κ2) is 10.2. The van der Waals surface area contributed by atoms with Gasteiger partial charge in [-0.05, 0) is 41.1 Å². The zero-order valence-electron chi connectivity index (χ0n) is 18.8. The van der Waals surface area contributed by atoms with Gasteiger partial charge in [-0.15, -0.1) is 0 Å². The van der Waals surface area contributed by atoms with Crippen LogP contribution in [0.4, 0.5) is 5.69 Å². The van der Waals surface area contributed by atoms with Crippen LogP contribution in [-0.4, -0.2) is 54.3 Å². The van der Waals surface area contributed by atoms with Gasteiger partial charge >= 0.3 is 0 Å². The van der Waals surface area contributed by atoms with Crippen LogP contribution in [0.2, 0.25) is 0 Å². The van der Waals surface area contributed by atoms with E-state index in [0.29, 0.717) is 22.7 Å². The van der Waals surface area contributed by atoms with Crippen molar-refractivity contribution in [2.75, 3.05) is 25.6 Å². The zero-order valence-corrected chi connectivity index (χ0v) is 18.8. The van der Waals surface area contributed by atoms with Crippen LogP contribution in [0, 0.1) is 0 Å². The van der Waals surface area contributed by atoms with Crippen LogP contribution in [-0.2, 0) is 20.9 Å². The maximum atomic E-state index is 13.0. The number of anilines is 1. The van der Waals surface area contributed by atoms with Crippen molar-refractivity contribution in [2.45, 2.75) is 19.1 Å². The highest BCUT2D eigenvalue weighted by Gasteiger charge is 2.34. The molecule has 0 spiro atoms. The van der Waals surface area contributed by atoms with Gasteiger partial charge in [-0.25, -0.2) is 0 Å². The molecule has 1 unspecified atom stereocenters. The number of benzene rings is 2. The number of rotatable bonds is 8. The fourth-order valence-electron chi connectivity index (χ4n) is 3.60. The van der Waals surface area contributed by atoms with Crippen LogP contribution in [0.1, 0.15) is 22.5 Å². The van der Waals surface area contributed by atoms with Crippen molar-refractivity contribution < 1.29 is 38.2 Å². The van der Waals surface area contributed by atoms with Crippen molar-refractivity contribution in [3.8, 4) is 17.4 Å². The zero-order chi connectivity index (χ0) is 24.9. The number of nitrogens with zero attached hydrogens (tertiary/aromatic N) is 3. The molecular weight excluding hydrogens is 458 g/mol. The van der Waals surface area contributed by atoms with Gasteiger partial charge < -0.3 is 35.1 Å². The SMILES string of the molecule is COc1ccc(-[n+]2noc([O-])c2CN2CCOC(CC(=O)Nc3ccc(C(N)=O)cc3)C2=O)cc1. The first kappa shape index (κ1) is 23.7. The summed E-state index contributed by atoms with van der Waals surface area (Å²) < 4.78 is 16.8. The minimum Gasteiger partial charge on any atom is -0.539 e. The van der Waals surface area contributed by atoms with Gasteiger partial charge in [0, 0.05) is 29.9 Å². The van der Waals surface area contributed by atoms with E-state index in [9.17, 15) is 19.5 Å². The third-order valence-electron chi connectivity index (χ3n) is 5.45. The molecule has 0 aliphatic carbocycles. The number of methoxy groups -OCH3 is 1. The van der Waals surface area contributed by atoms with E-state index in [1.807, 2.05) is 0 Å². The minimum atomic E-state index is -1.02. The molecule has 1 aliphatic rings. The Morgan fingerprint density at radius 1 is 1.23 bits per heavy atom. The Kier molecular flexibility index (Phi) is 6.92. The van der Waals surface area contributed by atoms with Gasteiger partial charge in [-0.2, -0.15) is 0 Å². The van der Waals surface area contributed by atoms with Crippen LogP contribution in [0.25, 0.3) is 5.69 Å². The van der Waals surface area contributed by atoms with Crippen molar-refractivity contribution >= 4 is 23.4 Å². The highest BCUT2D eigenvalue weighted by atomic mass is 16.6. The summed E-state index contributed by atoms with van der Waals surface area (Å²) >= 11 is 0. The van der Waals surface area contributed by atoms with Gasteiger partial charge in [0.25, 0.3) is 11.6 Å². The quantitative estimate of drug-likeness (QED) is 0.421. The smallest absolute Gasteiger partial charge is 0.259 e. The molecule has 12 heteroatoms. The summed E-state index contributed by atoms with van der Waals surface area (Å²) in [6.45, 7) is 0.362. The first-order chi connectivity index (χ1) is 16.9. The van der Waals surface area contributed by atoms with Gasteiger partial charge in [0.1, 0.15) is 18.4 Å². The van der Waals surface area contributed by atoms with Crippen LogP contribution in [0.3, 0.4) is 0 Å². The summed E-state index contributed by atoms with van der Waals surface area (Å²) in [5.41, 5.74) is 6.68. The number of nitrogens with two attached hydrogens (primary N) is 1. The molecule has 1 saturated heterocycles. The number of carbonyl (C=O) groups is 3. The molecule has 1 aliphatic heterocycles. The maximum Gasteiger partial charge on any atom is 0.259 e. The highest BCUT2D eigenvalue weighted by molar-refractivity contribution is 5.96. The maximum absolute atomic E-state index is 13.0. The molecule has 4 rings (SSSR count). The highest BCUT2D eigenvalue weighted by Crippen LogP contribution is 2.19. The first-order valence-electron chi connectivity index (χ1n) is 10.7. The molecule has 1 atom stereocenters. The number of nitrogens with one attached hydrogen (secondary N) is 1. The molecule has 2 heterocycles. The number of hydrogen-bond donors (Lipinski definition) is 2. The van der Waals surface area contributed by atoms with Crippen LogP contribution in [0.5, 0.6) is 11.7 Å². The van der Waals surface area contributed by atoms with Crippen molar-refractivity contribution in [3.63, 3.8) is 0 Å². The third kappa shape index (κ3) is 5.38. The Labute approximate surface area is 199 Å². The fraction of sp³-hybridized carbons (Fsp3) is 0.261. The number of morpholine rings is 1. The standard InChI is InChI=1S/C23H23N5O7/c1-33-17-8-6-16(7-9-17)28-18(23(32)35-26-28)13-27-10-11-34-19(22(27)31)12-20(29)25-15-4-2-14(3-5-15)21(24)30/h2-9,19H,10-13H2,1H3,(H3-,24,25,26,29,30,32). The molecule has 182 valence electrons. The summed E-state index contributed by atoms with van der Waals surface area (Å²) in [7, 11) is 1.54. The summed E-state index contributed by atoms with van der Waals surface area (Å²) in [6, 6.07) is 12.9. The fourth-order valence-corrected chi connectivity index (χ4v) is 3.60. The van der Waals surface area contributed by atoms with Crippen molar-refractivity contribution in [1.82, 2.24) is 10.2 Å². The van der Waals surface area contributed by atoms with Crippen molar-refractivity contribution in [2.24, 2.45) is 5.73 Å². The molecular formula is C23H23N5O7. The Morgan fingerprint density at radius 3 is 2.60 bits per heavy atom. The molecule has 3 amide bonds. The van der Waals surface area contributed by atoms with E-state index >= 15 is 0 Å². The van der Waals surface area contributed by atoms with Gasteiger partial charge in [-0.3, -0.25) is 14.4 Å². The lowest BCUT2D eigenvalue weighted by atomic mass is 10.1. The van der Waals surface area contributed by atoms with E-state index in [1.165, 1.54) is 33.8 Å². The second-order valence-electron chi connectivity index (χ2n) is 7.73. The second-order valence-corrected chi connectivity index (χ2v) is 7.73. The predicted octanol–water partition coefficient (Wildman–Crippen LogP) is -0.111. The lowest BCUT2D eigenvalue weighted by Gasteiger charge is -2.31. The lowest BCUT2D eigenvalue weighted by molar-refractivity contribution is -0.678. The Hall–Kier alpha value is -4.45. The average molecular weight is 481 g/mol. The first-order valence-corrected chi connectivity index (χ1v) is 10.7. The van der Waals surface area contributed by atoms with E-state index in [0.717, 1.165) is 0 Å². The van der Waals surface area contributed by atoms with E-state index < -0.39 is 29.8 Å². The van der Waals surface area contributed by atoms with Crippen LogP contribution >= 0.6 is 0 Å². The molecule has 0 radical (unpaired) electrons. The van der Waals surface area contributed by atoms with Gasteiger partial charge in [0.2, 0.25) is 17.5 Å². The number of amides is 3. The number of ether oxygens (including phenoxy) is 2. The Balaban J connectivity index is 1.41. The minimum absolute atomic E-state index is 0.0662. The average Bonchev–Trinajstić information content (AvgIpc) is 3.22. The largest absolute Gasteiger partial charge is 0.539 e. The molecule has 2 aromatic carbocycles. The van der Waals surface area contributed by atoms with Crippen molar-refractivity contribution in [1.29, 1.82) is 0 Å². The number of aromatic nitrogens is 2. The number of hydrogen-bond acceptors (Lipinski definition) is 8. The van der Waals surface area contributed by atoms with E-state index in [1.54, 1.807) is 31.4 Å². The van der Waals surface area contributed by atoms with Crippen LogP contribution in [0.15, 0.2) is 53.1 Å². The molecule has 1 fully saturated rings. The van der Waals surface area contributed by atoms with Crippen molar-refractivity contribution in [3.05, 3.63) is 59.8 Å². The molecule has 3 N–H and O–H groups in total. The molecule has 0 bridgehead atoms. The molecule has 3 aromatic rings. The number of carbonyl (C=O) groups excluding carboxylic acids is 3. The summed E-state index contributed by atoms with van der Waals surface area (Å²) in [4.78, 5) is 38.1. The van der Waals surface area contributed by atoms with E-state index in [4.69, 9.17) is 19.7 Å².